The molecule has 0 radical (unpaired) electrons. The smallest absolute Gasteiger partial charge is 0.241 e. The molecule has 26 heavy (non-hydrogen) atoms. The molecule has 0 atom stereocenters. The fraction of sp³-hybridized carbons (Fsp3) is 0.222. The van der Waals surface area contributed by atoms with Crippen LogP contribution in [0.4, 0.5) is 11.4 Å². The van der Waals surface area contributed by atoms with Gasteiger partial charge in [-0.25, -0.2) is 13.1 Å². The number of carbonyl (C=O) groups excluding carboxylic acids is 2. The molecule has 0 aliphatic heterocycles. The van der Waals surface area contributed by atoms with Gasteiger partial charge in [-0.3, -0.25) is 9.59 Å². The third kappa shape index (κ3) is 5.40. The van der Waals surface area contributed by atoms with Crippen molar-refractivity contribution < 1.29 is 18.0 Å². The monoisotopic (exact) mass is 375 g/mol. The van der Waals surface area contributed by atoms with Gasteiger partial charge >= 0.3 is 0 Å². The Morgan fingerprint density at radius 3 is 2.00 bits per heavy atom. The number of benzene rings is 2. The van der Waals surface area contributed by atoms with Gasteiger partial charge in [0.05, 0.1) is 11.4 Å². The highest BCUT2D eigenvalue weighted by molar-refractivity contribution is 7.89. The highest BCUT2D eigenvalue weighted by Crippen LogP contribution is 2.15. The van der Waals surface area contributed by atoms with Crippen LogP contribution in [0, 0.1) is 13.8 Å². The first-order chi connectivity index (χ1) is 12.2. The van der Waals surface area contributed by atoms with E-state index in [1.165, 1.54) is 13.0 Å². The lowest BCUT2D eigenvalue weighted by molar-refractivity contribution is -0.115. The van der Waals surface area contributed by atoms with E-state index >= 15 is 0 Å². The van der Waals surface area contributed by atoms with E-state index in [4.69, 9.17) is 0 Å². The summed E-state index contributed by atoms with van der Waals surface area (Å²) in [6.45, 7) is 4.73. The van der Waals surface area contributed by atoms with Crippen molar-refractivity contribution >= 4 is 33.2 Å². The summed E-state index contributed by atoms with van der Waals surface area (Å²) in [6.07, 6.45) is 0. The Hall–Kier alpha value is -2.71. The summed E-state index contributed by atoms with van der Waals surface area (Å²) >= 11 is 0. The number of anilines is 2. The number of amides is 2. The van der Waals surface area contributed by atoms with Crippen LogP contribution in [0.1, 0.15) is 18.1 Å². The first kappa shape index (κ1) is 19.6. The molecule has 0 bridgehead atoms. The molecule has 138 valence electrons. The molecular weight excluding hydrogens is 354 g/mol. The highest BCUT2D eigenvalue weighted by atomic mass is 32.2. The lowest BCUT2D eigenvalue weighted by atomic mass is 10.1. The van der Waals surface area contributed by atoms with Crippen LogP contribution in [0.15, 0.2) is 47.4 Å². The Kier molecular flexibility index (Phi) is 6.12. The predicted octanol–water partition coefficient (Wildman–Crippen LogP) is 2.18. The van der Waals surface area contributed by atoms with Gasteiger partial charge in [-0.15, -0.1) is 0 Å². The van der Waals surface area contributed by atoms with Crippen LogP contribution >= 0.6 is 0 Å². The van der Waals surface area contributed by atoms with E-state index in [1.807, 2.05) is 13.8 Å². The Bertz CT molecular complexity index is 922. The highest BCUT2D eigenvalue weighted by Gasteiger charge is 2.16. The summed E-state index contributed by atoms with van der Waals surface area (Å²) in [5.41, 5.74) is 2.95. The minimum Gasteiger partial charge on any atom is -0.326 e. The molecule has 0 spiro atoms. The van der Waals surface area contributed by atoms with Crippen molar-refractivity contribution in [2.45, 2.75) is 25.7 Å². The largest absolute Gasteiger partial charge is 0.326 e. The second-order valence-electron chi connectivity index (χ2n) is 5.88. The summed E-state index contributed by atoms with van der Waals surface area (Å²) < 4.78 is 26.8. The summed E-state index contributed by atoms with van der Waals surface area (Å²) in [5, 5.41) is 5.20. The van der Waals surface area contributed by atoms with Crippen LogP contribution in [0.25, 0.3) is 0 Å². The third-order valence-corrected chi connectivity index (χ3v) is 5.10. The average molecular weight is 375 g/mol. The maximum atomic E-state index is 12.3. The molecule has 3 N–H and O–H groups in total. The maximum Gasteiger partial charge on any atom is 0.241 e. The van der Waals surface area contributed by atoms with Crippen LogP contribution in [-0.4, -0.2) is 26.8 Å². The standard InChI is InChI=1S/C18H21N3O4S/c1-12-4-9-17(10-13(12)2)26(24,25)19-11-18(23)21-16-7-5-15(6-8-16)20-14(3)22/h4-10,19H,11H2,1-3H3,(H,20,22)(H,21,23). The van der Waals surface area contributed by atoms with E-state index in [-0.39, 0.29) is 17.3 Å². The molecule has 0 aliphatic rings. The summed E-state index contributed by atoms with van der Waals surface area (Å²) in [6, 6.07) is 11.3. The van der Waals surface area contributed by atoms with Crippen LogP contribution in [0.5, 0.6) is 0 Å². The van der Waals surface area contributed by atoms with Gasteiger partial charge in [-0.1, -0.05) is 6.07 Å². The van der Waals surface area contributed by atoms with E-state index in [1.54, 1.807) is 36.4 Å². The first-order valence-corrected chi connectivity index (χ1v) is 9.40. The van der Waals surface area contributed by atoms with Gasteiger partial charge in [0.1, 0.15) is 0 Å². The van der Waals surface area contributed by atoms with Crippen molar-refractivity contribution in [2.75, 3.05) is 17.2 Å². The van der Waals surface area contributed by atoms with Gasteiger partial charge in [0.2, 0.25) is 21.8 Å². The van der Waals surface area contributed by atoms with E-state index in [2.05, 4.69) is 15.4 Å². The minimum absolute atomic E-state index is 0.119. The van der Waals surface area contributed by atoms with Gasteiger partial charge in [0.25, 0.3) is 0 Å². The molecular formula is C18H21N3O4S. The molecule has 0 saturated carbocycles. The first-order valence-electron chi connectivity index (χ1n) is 7.92. The molecule has 8 heteroatoms. The van der Waals surface area contributed by atoms with Gasteiger partial charge in [-0.05, 0) is 61.4 Å². The molecule has 0 unspecified atom stereocenters. The van der Waals surface area contributed by atoms with Crippen molar-refractivity contribution in [3.8, 4) is 0 Å². The van der Waals surface area contributed by atoms with Crippen LogP contribution in [0.3, 0.4) is 0 Å². The summed E-state index contributed by atoms with van der Waals surface area (Å²) in [5.74, 6) is -0.688. The van der Waals surface area contributed by atoms with Crippen LogP contribution in [-0.2, 0) is 19.6 Å². The van der Waals surface area contributed by atoms with E-state index < -0.39 is 15.9 Å². The van der Waals surface area contributed by atoms with Crippen LogP contribution < -0.4 is 15.4 Å². The Balaban J connectivity index is 1.95. The lowest BCUT2D eigenvalue weighted by Gasteiger charge is -2.10. The molecule has 0 aromatic heterocycles. The molecule has 7 nitrogen and oxygen atoms in total. The molecule has 2 aromatic carbocycles. The van der Waals surface area contributed by atoms with Gasteiger partial charge in [0.15, 0.2) is 0 Å². The number of hydrogen-bond acceptors (Lipinski definition) is 4. The second kappa shape index (κ2) is 8.11. The molecule has 2 rings (SSSR count). The number of carbonyl (C=O) groups is 2. The molecule has 0 heterocycles. The SMILES string of the molecule is CC(=O)Nc1ccc(NC(=O)CNS(=O)(=O)c2ccc(C)c(C)c2)cc1. The van der Waals surface area contributed by atoms with Gasteiger partial charge in [0, 0.05) is 18.3 Å². The van der Waals surface area contributed by atoms with E-state index in [0.29, 0.717) is 11.4 Å². The second-order valence-corrected chi connectivity index (χ2v) is 7.64. The predicted molar refractivity (Wildman–Crippen MR) is 100 cm³/mol. The fourth-order valence-corrected chi connectivity index (χ4v) is 3.24. The van der Waals surface area contributed by atoms with Gasteiger partial charge in [-0.2, -0.15) is 0 Å². The van der Waals surface area contributed by atoms with Crippen molar-refractivity contribution in [2.24, 2.45) is 0 Å². The van der Waals surface area contributed by atoms with E-state index in [9.17, 15) is 18.0 Å². The van der Waals surface area contributed by atoms with Crippen molar-refractivity contribution in [3.63, 3.8) is 0 Å². The van der Waals surface area contributed by atoms with Crippen molar-refractivity contribution in [1.29, 1.82) is 0 Å². The number of sulfonamides is 1. The molecule has 0 saturated heterocycles. The molecule has 2 aromatic rings. The third-order valence-electron chi connectivity index (χ3n) is 3.70. The number of aryl methyl sites for hydroxylation is 2. The van der Waals surface area contributed by atoms with E-state index in [0.717, 1.165) is 11.1 Å². The quantitative estimate of drug-likeness (QED) is 0.720. The zero-order valence-corrected chi connectivity index (χ0v) is 15.6. The maximum absolute atomic E-state index is 12.3. The number of hydrogen-bond donors (Lipinski definition) is 3. The fourth-order valence-electron chi connectivity index (χ4n) is 2.17. The Morgan fingerprint density at radius 2 is 1.46 bits per heavy atom. The van der Waals surface area contributed by atoms with Crippen molar-refractivity contribution in [1.82, 2.24) is 4.72 Å². The zero-order chi connectivity index (χ0) is 19.3. The summed E-state index contributed by atoms with van der Waals surface area (Å²) in [4.78, 5) is 23.1. The molecule has 0 fully saturated rings. The Labute approximate surface area is 152 Å². The average Bonchev–Trinajstić information content (AvgIpc) is 2.57. The molecule has 2 amide bonds. The topological polar surface area (TPSA) is 104 Å². The van der Waals surface area contributed by atoms with Gasteiger partial charge < -0.3 is 10.6 Å². The lowest BCUT2D eigenvalue weighted by Crippen LogP contribution is -2.33. The van der Waals surface area contributed by atoms with Crippen LogP contribution in [0.2, 0.25) is 0 Å². The minimum atomic E-state index is -3.77. The number of nitrogens with one attached hydrogen (secondary N) is 3. The van der Waals surface area contributed by atoms with Crippen molar-refractivity contribution in [3.05, 3.63) is 53.6 Å². The Morgan fingerprint density at radius 1 is 0.885 bits per heavy atom. The zero-order valence-electron chi connectivity index (χ0n) is 14.8. The number of rotatable bonds is 6. The summed E-state index contributed by atoms with van der Waals surface area (Å²) in [7, 11) is -3.77. The normalized spacial score (nSPS) is 11.0. The molecule has 0 aliphatic carbocycles.